The fourth-order valence-corrected chi connectivity index (χ4v) is 2.80. The van der Waals surface area contributed by atoms with Crippen molar-refractivity contribution in [3.63, 3.8) is 0 Å². The van der Waals surface area contributed by atoms with E-state index in [1.165, 1.54) is 0 Å². The highest BCUT2D eigenvalue weighted by atomic mass is 32.2. The highest BCUT2D eigenvalue weighted by Gasteiger charge is 2.19. The number of rotatable bonds is 5. The number of hydrogen-bond donors (Lipinski definition) is 4. The molecule has 5 N–H and O–H groups in total. The SMILES string of the molecule is CC(C)(C)NS(=O)(=O)Nc1ccc(CC(=N)N)cc1. The van der Waals surface area contributed by atoms with Gasteiger partial charge in [0, 0.05) is 17.6 Å². The molecule has 0 saturated heterocycles. The van der Waals surface area contributed by atoms with Crippen molar-refractivity contribution in [2.75, 3.05) is 4.72 Å². The molecular formula is C12H20N4O2S. The van der Waals surface area contributed by atoms with Crippen molar-refractivity contribution in [2.24, 2.45) is 5.73 Å². The Bertz CT molecular complexity index is 544. The minimum atomic E-state index is -3.60. The van der Waals surface area contributed by atoms with E-state index in [2.05, 4.69) is 9.44 Å². The quantitative estimate of drug-likeness (QED) is 0.482. The lowest BCUT2D eigenvalue weighted by Crippen LogP contribution is -2.43. The topological polar surface area (TPSA) is 108 Å². The fourth-order valence-electron chi connectivity index (χ4n) is 1.49. The van der Waals surface area contributed by atoms with Crippen molar-refractivity contribution in [1.82, 2.24) is 4.72 Å². The van der Waals surface area contributed by atoms with Crippen LogP contribution >= 0.6 is 0 Å². The largest absolute Gasteiger partial charge is 0.387 e. The predicted octanol–water partition coefficient (Wildman–Crippen LogP) is 1.21. The van der Waals surface area contributed by atoms with E-state index in [0.717, 1.165) is 5.56 Å². The summed E-state index contributed by atoms with van der Waals surface area (Å²) in [6.07, 6.45) is 0.354. The first kappa shape index (κ1) is 15.5. The number of nitrogens with two attached hydrogens (primary N) is 1. The molecule has 0 aliphatic rings. The van der Waals surface area contributed by atoms with Gasteiger partial charge in [-0.2, -0.15) is 13.1 Å². The van der Waals surface area contributed by atoms with Crippen LogP contribution in [-0.4, -0.2) is 19.8 Å². The summed E-state index contributed by atoms with van der Waals surface area (Å²) >= 11 is 0. The summed E-state index contributed by atoms with van der Waals surface area (Å²) in [7, 11) is -3.60. The van der Waals surface area contributed by atoms with E-state index in [-0.39, 0.29) is 5.84 Å². The molecule has 0 radical (unpaired) electrons. The molecule has 0 amide bonds. The predicted molar refractivity (Wildman–Crippen MR) is 77.5 cm³/mol. The maximum Gasteiger partial charge on any atom is 0.299 e. The van der Waals surface area contributed by atoms with E-state index >= 15 is 0 Å². The maximum atomic E-state index is 11.8. The van der Waals surface area contributed by atoms with E-state index in [1.807, 2.05) is 0 Å². The Morgan fingerprint density at radius 2 is 1.79 bits per heavy atom. The van der Waals surface area contributed by atoms with Gasteiger partial charge in [0.15, 0.2) is 0 Å². The van der Waals surface area contributed by atoms with Crippen LogP contribution in [0.15, 0.2) is 24.3 Å². The van der Waals surface area contributed by atoms with Gasteiger partial charge in [-0.25, -0.2) is 0 Å². The molecular weight excluding hydrogens is 264 g/mol. The van der Waals surface area contributed by atoms with E-state index in [0.29, 0.717) is 12.1 Å². The molecule has 0 spiro atoms. The molecule has 0 fully saturated rings. The fraction of sp³-hybridized carbons (Fsp3) is 0.417. The molecule has 0 atom stereocenters. The van der Waals surface area contributed by atoms with Crippen LogP contribution in [0.25, 0.3) is 0 Å². The second-order valence-corrected chi connectivity index (χ2v) is 6.77. The van der Waals surface area contributed by atoms with Gasteiger partial charge >= 0.3 is 0 Å². The molecule has 0 aliphatic carbocycles. The zero-order valence-electron chi connectivity index (χ0n) is 11.3. The van der Waals surface area contributed by atoms with Gasteiger partial charge in [-0.3, -0.25) is 10.1 Å². The molecule has 0 saturated carbocycles. The summed E-state index contributed by atoms with van der Waals surface area (Å²) in [4.78, 5) is 0. The van der Waals surface area contributed by atoms with Crippen LogP contribution in [0, 0.1) is 5.41 Å². The number of hydrogen-bond acceptors (Lipinski definition) is 3. The first-order valence-corrected chi connectivity index (χ1v) is 7.29. The van der Waals surface area contributed by atoms with Gasteiger partial charge in [-0.05, 0) is 38.5 Å². The molecule has 106 valence electrons. The van der Waals surface area contributed by atoms with Gasteiger partial charge in [-0.1, -0.05) is 12.1 Å². The van der Waals surface area contributed by atoms with Crippen molar-refractivity contribution < 1.29 is 8.42 Å². The van der Waals surface area contributed by atoms with Gasteiger partial charge < -0.3 is 5.73 Å². The summed E-state index contributed by atoms with van der Waals surface area (Å²) in [5.41, 5.74) is 6.08. The summed E-state index contributed by atoms with van der Waals surface area (Å²) in [6, 6.07) is 6.74. The van der Waals surface area contributed by atoms with Crippen LogP contribution in [0.5, 0.6) is 0 Å². The van der Waals surface area contributed by atoms with Crippen LogP contribution in [0.2, 0.25) is 0 Å². The standard InChI is InChI=1S/C12H20N4O2S/c1-12(2,3)16-19(17,18)15-10-6-4-9(5-7-10)8-11(13)14/h4-7,15-16H,8H2,1-3H3,(H3,13,14). The Morgan fingerprint density at radius 1 is 1.26 bits per heavy atom. The Morgan fingerprint density at radius 3 is 2.21 bits per heavy atom. The minimum absolute atomic E-state index is 0.0720. The number of benzene rings is 1. The van der Waals surface area contributed by atoms with E-state index in [9.17, 15) is 8.42 Å². The highest BCUT2D eigenvalue weighted by Crippen LogP contribution is 2.12. The lowest BCUT2D eigenvalue weighted by atomic mass is 10.1. The lowest BCUT2D eigenvalue weighted by molar-refractivity contribution is 0.494. The molecule has 1 aromatic rings. The smallest absolute Gasteiger partial charge is 0.299 e. The van der Waals surface area contributed by atoms with Gasteiger partial charge in [0.2, 0.25) is 0 Å². The third kappa shape index (κ3) is 6.21. The van der Waals surface area contributed by atoms with Crippen LogP contribution in [0.3, 0.4) is 0 Å². The van der Waals surface area contributed by atoms with Gasteiger partial charge in [0.1, 0.15) is 0 Å². The highest BCUT2D eigenvalue weighted by molar-refractivity contribution is 7.90. The molecule has 0 aromatic heterocycles. The van der Waals surface area contributed by atoms with Gasteiger partial charge in [0.25, 0.3) is 10.2 Å². The maximum absolute atomic E-state index is 11.8. The van der Waals surface area contributed by atoms with Crippen molar-refractivity contribution in [2.45, 2.75) is 32.7 Å². The average molecular weight is 284 g/mol. The first-order chi connectivity index (χ1) is 8.57. The van der Waals surface area contributed by atoms with Gasteiger partial charge in [-0.15, -0.1) is 0 Å². The second-order valence-electron chi connectivity index (χ2n) is 5.36. The summed E-state index contributed by atoms with van der Waals surface area (Å²) < 4.78 is 28.5. The van der Waals surface area contributed by atoms with Crippen molar-refractivity contribution in [3.05, 3.63) is 29.8 Å². The van der Waals surface area contributed by atoms with Crippen molar-refractivity contribution in [3.8, 4) is 0 Å². The van der Waals surface area contributed by atoms with E-state index < -0.39 is 15.7 Å². The molecule has 0 bridgehead atoms. The second kappa shape index (κ2) is 5.58. The van der Waals surface area contributed by atoms with Crippen molar-refractivity contribution >= 4 is 21.7 Å². The summed E-state index contributed by atoms with van der Waals surface area (Å²) in [5, 5.41) is 7.18. The number of nitrogens with one attached hydrogen (secondary N) is 3. The molecule has 1 rings (SSSR count). The molecule has 1 aromatic carbocycles. The third-order valence-electron chi connectivity index (χ3n) is 2.04. The Balaban J connectivity index is 2.75. The lowest BCUT2D eigenvalue weighted by Gasteiger charge is -2.20. The molecule has 7 heteroatoms. The van der Waals surface area contributed by atoms with Gasteiger partial charge in [0.05, 0.1) is 5.84 Å². The molecule has 0 unspecified atom stereocenters. The number of amidine groups is 1. The Hall–Kier alpha value is -1.60. The molecule has 19 heavy (non-hydrogen) atoms. The monoisotopic (exact) mass is 284 g/mol. The van der Waals surface area contributed by atoms with Crippen LogP contribution in [-0.2, 0) is 16.6 Å². The number of anilines is 1. The third-order valence-corrected chi connectivity index (χ3v) is 3.43. The minimum Gasteiger partial charge on any atom is -0.387 e. The average Bonchev–Trinajstić information content (AvgIpc) is 2.15. The summed E-state index contributed by atoms with van der Waals surface area (Å²) in [6.45, 7) is 5.30. The molecule has 0 aliphatic heterocycles. The zero-order valence-corrected chi connectivity index (χ0v) is 12.1. The van der Waals surface area contributed by atoms with Crippen molar-refractivity contribution in [1.29, 1.82) is 5.41 Å². The van der Waals surface area contributed by atoms with E-state index in [4.69, 9.17) is 11.1 Å². The normalized spacial score (nSPS) is 12.2. The molecule has 0 heterocycles. The zero-order chi connectivity index (χ0) is 14.7. The van der Waals surface area contributed by atoms with E-state index in [1.54, 1.807) is 45.0 Å². The Kier molecular flexibility index (Phi) is 4.54. The van der Waals surface area contributed by atoms with Crippen LogP contribution < -0.4 is 15.2 Å². The molecule has 6 nitrogen and oxygen atoms in total. The first-order valence-electron chi connectivity index (χ1n) is 5.81. The Labute approximate surface area is 114 Å². The van der Waals surface area contributed by atoms with Crippen LogP contribution in [0.1, 0.15) is 26.3 Å². The van der Waals surface area contributed by atoms with Crippen LogP contribution in [0.4, 0.5) is 5.69 Å². The summed E-state index contributed by atoms with van der Waals surface area (Å²) in [5.74, 6) is 0.0720.